The van der Waals surface area contributed by atoms with Gasteiger partial charge >= 0.3 is 0 Å². The van der Waals surface area contributed by atoms with Crippen LogP contribution >= 0.6 is 0 Å². The van der Waals surface area contributed by atoms with E-state index in [0.717, 1.165) is 43.3 Å². The van der Waals surface area contributed by atoms with Gasteiger partial charge in [-0.1, -0.05) is 6.42 Å². The monoisotopic (exact) mass is 354 g/mol. The average molecular weight is 354 g/mol. The zero-order valence-electron chi connectivity index (χ0n) is 15.5. The van der Waals surface area contributed by atoms with Crippen molar-refractivity contribution >= 4 is 0 Å². The Hall–Kier alpha value is -2.34. The molecule has 0 bridgehead atoms. The third-order valence-corrected chi connectivity index (χ3v) is 5.20. The zero-order chi connectivity index (χ0) is 17.9. The van der Waals surface area contributed by atoms with Gasteiger partial charge in [-0.25, -0.2) is 4.98 Å². The summed E-state index contributed by atoms with van der Waals surface area (Å²) in [4.78, 5) is 7.26. The Bertz CT molecular complexity index is 834. The summed E-state index contributed by atoms with van der Waals surface area (Å²) >= 11 is 0. The summed E-state index contributed by atoms with van der Waals surface area (Å²) in [6.07, 6.45) is 8.78. The fraction of sp³-hybridized carbons (Fsp3) is 0.500. The number of hydrogen-bond acceptors (Lipinski definition) is 5. The van der Waals surface area contributed by atoms with Crippen LogP contribution in [0.1, 0.15) is 42.9 Å². The van der Waals surface area contributed by atoms with Crippen molar-refractivity contribution in [2.45, 2.75) is 58.7 Å². The van der Waals surface area contributed by atoms with E-state index < -0.39 is 0 Å². The Balaban J connectivity index is 1.45. The number of oxazole rings is 1. The summed E-state index contributed by atoms with van der Waals surface area (Å²) < 4.78 is 13.5. The van der Waals surface area contributed by atoms with Gasteiger partial charge in [0.2, 0.25) is 0 Å². The lowest BCUT2D eigenvalue weighted by Gasteiger charge is -2.35. The van der Waals surface area contributed by atoms with Crippen LogP contribution in [0.15, 0.2) is 39.4 Å². The van der Waals surface area contributed by atoms with Gasteiger partial charge in [-0.3, -0.25) is 9.58 Å². The molecular formula is C20H26N4O2. The standard InChI is InChI=1S/C20H26N4O2/c1-15-7-8-19(25-15)20-22-18(16(2)26-20)14-23-11-4-3-6-17(23)9-13-24-12-5-10-21-24/h5,7-8,10,12,17H,3-4,6,9,11,13-14H2,1-2H3/t17-/m1/s1. The van der Waals surface area contributed by atoms with Gasteiger partial charge in [-0.2, -0.15) is 5.10 Å². The van der Waals surface area contributed by atoms with Crippen molar-refractivity contribution in [2.75, 3.05) is 6.54 Å². The predicted molar refractivity (Wildman–Crippen MR) is 98.6 cm³/mol. The molecule has 0 radical (unpaired) electrons. The normalized spacial score (nSPS) is 18.5. The smallest absolute Gasteiger partial charge is 0.263 e. The van der Waals surface area contributed by atoms with Crippen LogP contribution in [0.25, 0.3) is 11.7 Å². The fourth-order valence-electron chi connectivity index (χ4n) is 3.73. The van der Waals surface area contributed by atoms with Crippen LogP contribution in [-0.4, -0.2) is 32.3 Å². The third kappa shape index (κ3) is 3.75. The predicted octanol–water partition coefficient (Wildman–Crippen LogP) is 4.19. The summed E-state index contributed by atoms with van der Waals surface area (Å²) in [5, 5.41) is 4.32. The first-order chi connectivity index (χ1) is 12.7. The minimum atomic E-state index is 0.568. The van der Waals surface area contributed by atoms with Gasteiger partial charge < -0.3 is 8.83 Å². The molecular weight excluding hydrogens is 328 g/mol. The molecule has 0 saturated carbocycles. The molecule has 3 aromatic heterocycles. The van der Waals surface area contributed by atoms with E-state index in [9.17, 15) is 0 Å². The molecule has 4 rings (SSSR count). The van der Waals surface area contributed by atoms with E-state index in [1.165, 1.54) is 19.3 Å². The van der Waals surface area contributed by atoms with Crippen LogP contribution in [0.3, 0.4) is 0 Å². The molecule has 0 aliphatic carbocycles. The van der Waals surface area contributed by atoms with Crippen LogP contribution in [0.4, 0.5) is 0 Å². The number of hydrogen-bond donors (Lipinski definition) is 0. The molecule has 1 fully saturated rings. The molecule has 0 unspecified atom stereocenters. The second kappa shape index (κ2) is 7.50. The van der Waals surface area contributed by atoms with Gasteiger partial charge in [0.15, 0.2) is 5.76 Å². The first-order valence-electron chi connectivity index (χ1n) is 9.43. The van der Waals surface area contributed by atoms with Gasteiger partial charge in [-0.15, -0.1) is 0 Å². The lowest BCUT2D eigenvalue weighted by atomic mass is 9.99. The fourth-order valence-corrected chi connectivity index (χ4v) is 3.73. The summed E-state index contributed by atoms with van der Waals surface area (Å²) in [5.74, 6) is 3.03. The van der Waals surface area contributed by atoms with Gasteiger partial charge in [0, 0.05) is 31.5 Å². The highest BCUT2D eigenvalue weighted by molar-refractivity contribution is 5.45. The van der Waals surface area contributed by atoms with Gasteiger partial charge in [-0.05, 0) is 57.9 Å². The van der Waals surface area contributed by atoms with Gasteiger partial charge in [0.25, 0.3) is 5.89 Å². The number of piperidine rings is 1. The minimum absolute atomic E-state index is 0.568. The van der Waals surface area contributed by atoms with E-state index in [4.69, 9.17) is 13.8 Å². The average Bonchev–Trinajstić information content (AvgIpc) is 3.37. The van der Waals surface area contributed by atoms with Crippen molar-refractivity contribution < 1.29 is 8.83 Å². The summed E-state index contributed by atoms with van der Waals surface area (Å²) in [6, 6.07) is 6.40. The largest absolute Gasteiger partial charge is 0.456 e. The lowest BCUT2D eigenvalue weighted by Crippen LogP contribution is -2.39. The molecule has 3 aromatic rings. The molecule has 138 valence electrons. The maximum atomic E-state index is 5.86. The molecule has 6 nitrogen and oxygen atoms in total. The molecule has 0 aromatic carbocycles. The van der Waals surface area contributed by atoms with Crippen molar-refractivity contribution in [2.24, 2.45) is 0 Å². The molecule has 0 N–H and O–H groups in total. The Morgan fingerprint density at radius 1 is 1.19 bits per heavy atom. The molecule has 1 saturated heterocycles. The molecule has 1 aliphatic heterocycles. The Kier molecular flexibility index (Phi) is 4.93. The number of aryl methyl sites for hydroxylation is 3. The van der Waals surface area contributed by atoms with Gasteiger partial charge in [0.05, 0.1) is 5.69 Å². The Morgan fingerprint density at radius 3 is 2.88 bits per heavy atom. The van der Waals surface area contributed by atoms with E-state index in [-0.39, 0.29) is 0 Å². The quantitative estimate of drug-likeness (QED) is 0.664. The van der Waals surface area contributed by atoms with Gasteiger partial charge in [0.1, 0.15) is 11.5 Å². The SMILES string of the molecule is Cc1ccc(-c2nc(CN3CCCC[C@@H]3CCn3cccn3)c(C)o2)o1. The summed E-state index contributed by atoms with van der Waals surface area (Å²) in [6.45, 7) is 6.83. The maximum absolute atomic E-state index is 5.86. The van der Waals surface area contributed by atoms with E-state index >= 15 is 0 Å². The Labute approximate surface area is 153 Å². The molecule has 26 heavy (non-hydrogen) atoms. The molecule has 6 heteroatoms. The highest BCUT2D eigenvalue weighted by Crippen LogP contribution is 2.27. The van der Waals surface area contributed by atoms with Crippen molar-refractivity contribution in [3.05, 3.63) is 47.8 Å². The number of likely N-dealkylation sites (tertiary alicyclic amines) is 1. The first-order valence-corrected chi connectivity index (χ1v) is 9.43. The van der Waals surface area contributed by atoms with E-state index in [1.807, 2.05) is 49.1 Å². The highest BCUT2D eigenvalue weighted by atomic mass is 16.4. The van der Waals surface area contributed by atoms with E-state index in [1.54, 1.807) is 0 Å². The molecule has 1 atom stereocenters. The van der Waals surface area contributed by atoms with Crippen LogP contribution in [0.5, 0.6) is 0 Å². The molecule has 4 heterocycles. The van der Waals surface area contributed by atoms with Crippen molar-refractivity contribution in [1.29, 1.82) is 0 Å². The van der Waals surface area contributed by atoms with Crippen LogP contribution in [0, 0.1) is 13.8 Å². The summed E-state index contributed by atoms with van der Waals surface area (Å²) in [5.41, 5.74) is 1.01. The molecule has 1 aliphatic rings. The van der Waals surface area contributed by atoms with Crippen LogP contribution < -0.4 is 0 Å². The second-order valence-electron chi connectivity index (χ2n) is 7.11. The summed E-state index contributed by atoms with van der Waals surface area (Å²) in [7, 11) is 0. The highest BCUT2D eigenvalue weighted by Gasteiger charge is 2.25. The van der Waals surface area contributed by atoms with Crippen molar-refractivity contribution in [3.63, 3.8) is 0 Å². The number of furan rings is 1. The number of aromatic nitrogens is 3. The molecule has 0 amide bonds. The Morgan fingerprint density at radius 2 is 2.12 bits per heavy atom. The van der Waals surface area contributed by atoms with E-state index in [0.29, 0.717) is 17.7 Å². The maximum Gasteiger partial charge on any atom is 0.263 e. The zero-order valence-corrected chi connectivity index (χ0v) is 15.5. The number of nitrogens with zero attached hydrogens (tertiary/aromatic N) is 4. The number of rotatable bonds is 6. The second-order valence-corrected chi connectivity index (χ2v) is 7.11. The lowest BCUT2D eigenvalue weighted by molar-refractivity contribution is 0.125. The first kappa shape index (κ1) is 17.1. The van der Waals surface area contributed by atoms with Crippen LogP contribution in [-0.2, 0) is 13.1 Å². The van der Waals surface area contributed by atoms with E-state index in [2.05, 4.69) is 10.00 Å². The van der Waals surface area contributed by atoms with Crippen molar-refractivity contribution in [3.8, 4) is 11.7 Å². The third-order valence-electron chi connectivity index (χ3n) is 5.20. The molecule has 0 spiro atoms. The topological polar surface area (TPSA) is 60.2 Å². The minimum Gasteiger partial charge on any atom is -0.456 e. The van der Waals surface area contributed by atoms with Crippen molar-refractivity contribution in [1.82, 2.24) is 19.7 Å². The van der Waals surface area contributed by atoms with Crippen LogP contribution in [0.2, 0.25) is 0 Å².